The summed E-state index contributed by atoms with van der Waals surface area (Å²) in [5.41, 5.74) is -0.900. The van der Waals surface area contributed by atoms with Gasteiger partial charge in [-0.2, -0.15) is 0 Å². The Morgan fingerprint density at radius 3 is 2.68 bits per heavy atom. The zero-order valence-electron chi connectivity index (χ0n) is 11.6. The van der Waals surface area contributed by atoms with E-state index in [1.54, 1.807) is 14.2 Å². The van der Waals surface area contributed by atoms with Crippen molar-refractivity contribution in [2.45, 2.75) is 19.5 Å². The van der Waals surface area contributed by atoms with E-state index in [2.05, 4.69) is 0 Å². The van der Waals surface area contributed by atoms with Crippen molar-refractivity contribution in [2.75, 3.05) is 20.8 Å². The molecule has 0 aromatic carbocycles. The molecular weight excluding hydrogens is 250 g/mol. The molecule has 1 unspecified atom stereocenters. The van der Waals surface area contributed by atoms with Gasteiger partial charge in [0.1, 0.15) is 6.54 Å². The molecule has 0 aliphatic rings. The lowest BCUT2D eigenvalue weighted by atomic mass is 10.3. The van der Waals surface area contributed by atoms with Crippen molar-refractivity contribution in [3.63, 3.8) is 0 Å². The summed E-state index contributed by atoms with van der Waals surface area (Å²) in [5, 5.41) is 0. The molecule has 1 aromatic heterocycles. The summed E-state index contributed by atoms with van der Waals surface area (Å²) < 4.78 is 7.15. The molecule has 0 saturated heterocycles. The van der Waals surface area contributed by atoms with E-state index in [9.17, 15) is 14.4 Å². The van der Waals surface area contributed by atoms with Gasteiger partial charge in [0, 0.05) is 33.5 Å². The van der Waals surface area contributed by atoms with Crippen LogP contribution in [0.5, 0.6) is 0 Å². The van der Waals surface area contributed by atoms with E-state index in [1.165, 1.54) is 28.8 Å². The zero-order valence-corrected chi connectivity index (χ0v) is 11.6. The lowest BCUT2D eigenvalue weighted by molar-refractivity contribution is -0.133. The van der Waals surface area contributed by atoms with E-state index in [4.69, 9.17) is 4.74 Å². The van der Waals surface area contributed by atoms with Crippen LogP contribution in [0, 0.1) is 0 Å². The maximum absolute atomic E-state index is 12.0. The molecule has 1 heterocycles. The van der Waals surface area contributed by atoms with Crippen LogP contribution in [-0.4, -0.2) is 46.7 Å². The van der Waals surface area contributed by atoms with Gasteiger partial charge in [0.05, 0.1) is 12.6 Å². The molecule has 0 aliphatic heterocycles. The second kappa shape index (κ2) is 6.33. The number of likely N-dealkylation sites (N-methyl/N-ethyl adjacent to an activating group) is 1. The summed E-state index contributed by atoms with van der Waals surface area (Å²) in [4.78, 5) is 36.5. The highest BCUT2D eigenvalue weighted by atomic mass is 16.5. The minimum atomic E-state index is -0.506. The fourth-order valence-electron chi connectivity index (χ4n) is 1.59. The van der Waals surface area contributed by atoms with Gasteiger partial charge < -0.3 is 9.64 Å². The number of carbonyl (C=O) groups is 1. The van der Waals surface area contributed by atoms with Crippen molar-refractivity contribution in [3.05, 3.63) is 33.1 Å². The zero-order chi connectivity index (χ0) is 14.6. The van der Waals surface area contributed by atoms with Crippen LogP contribution in [-0.2, 0) is 23.1 Å². The van der Waals surface area contributed by atoms with Gasteiger partial charge in [0.25, 0.3) is 5.56 Å². The second-order valence-electron chi connectivity index (χ2n) is 4.43. The van der Waals surface area contributed by atoms with Crippen LogP contribution in [0.2, 0.25) is 0 Å². The Morgan fingerprint density at radius 2 is 2.11 bits per heavy atom. The molecule has 0 saturated carbocycles. The number of rotatable bonds is 5. The molecule has 0 radical (unpaired) electrons. The fraction of sp³-hybridized carbons (Fsp3) is 0.583. The highest BCUT2D eigenvalue weighted by molar-refractivity contribution is 5.76. The smallest absolute Gasteiger partial charge is 0.331 e. The third-order valence-corrected chi connectivity index (χ3v) is 3.03. The molecule has 0 spiro atoms. The van der Waals surface area contributed by atoms with E-state index in [0.29, 0.717) is 6.61 Å². The molecule has 1 atom stereocenters. The largest absolute Gasteiger partial charge is 0.383 e. The molecule has 7 nitrogen and oxygen atoms in total. The lowest BCUT2D eigenvalue weighted by Crippen LogP contribution is -2.43. The van der Waals surface area contributed by atoms with E-state index in [1.807, 2.05) is 6.92 Å². The number of amides is 1. The van der Waals surface area contributed by atoms with Gasteiger partial charge in [0.15, 0.2) is 0 Å². The van der Waals surface area contributed by atoms with Crippen LogP contribution in [0.3, 0.4) is 0 Å². The Bertz CT molecular complexity index is 561. The molecule has 7 heteroatoms. The van der Waals surface area contributed by atoms with Gasteiger partial charge >= 0.3 is 5.69 Å². The molecule has 19 heavy (non-hydrogen) atoms. The average Bonchev–Trinajstić information content (AvgIpc) is 2.38. The molecule has 1 aromatic rings. The second-order valence-corrected chi connectivity index (χ2v) is 4.43. The van der Waals surface area contributed by atoms with Crippen LogP contribution in [0.15, 0.2) is 21.9 Å². The van der Waals surface area contributed by atoms with Crippen LogP contribution >= 0.6 is 0 Å². The molecule has 106 valence electrons. The lowest BCUT2D eigenvalue weighted by Gasteiger charge is -2.24. The quantitative estimate of drug-likeness (QED) is 0.690. The van der Waals surface area contributed by atoms with E-state index < -0.39 is 11.2 Å². The topological polar surface area (TPSA) is 73.5 Å². The Hall–Kier alpha value is -1.89. The van der Waals surface area contributed by atoms with Crippen LogP contribution in [0.1, 0.15) is 6.92 Å². The molecular formula is C12H19N3O4. The highest BCUT2D eigenvalue weighted by Crippen LogP contribution is 1.98. The maximum atomic E-state index is 12.0. The van der Waals surface area contributed by atoms with E-state index in [0.717, 1.165) is 4.57 Å². The number of carbonyl (C=O) groups excluding carboxylic acids is 1. The first-order chi connectivity index (χ1) is 8.88. The summed E-state index contributed by atoms with van der Waals surface area (Å²) in [6.45, 7) is 2.17. The SMILES string of the molecule is COCC(C)N(C)C(=O)Cn1ccc(=O)n(C)c1=O. The van der Waals surface area contributed by atoms with Gasteiger partial charge in [-0.1, -0.05) is 0 Å². The molecule has 1 amide bonds. The monoisotopic (exact) mass is 269 g/mol. The van der Waals surface area contributed by atoms with Gasteiger partial charge in [-0.3, -0.25) is 18.7 Å². The Kier molecular flexibility index (Phi) is 5.05. The third kappa shape index (κ3) is 3.54. The first-order valence-electron chi connectivity index (χ1n) is 5.89. The Balaban J connectivity index is 2.86. The number of hydrogen-bond donors (Lipinski definition) is 0. The molecule has 0 N–H and O–H groups in total. The number of methoxy groups -OCH3 is 1. The van der Waals surface area contributed by atoms with Gasteiger partial charge in [-0.25, -0.2) is 4.79 Å². The summed E-state index contributed by atoms with van der Waals surface area (Å²) in [6.07, 6.45) is 1.33. The van der Waals surface area contributed by atoms with Crippen molar-refractivity contribution < 1.29 is 9.53 Å². The molecule has 0 aliphatic carbocycles. The minimum Gasteiger partial charge on any atom is -0.383 e. The van der Waals surface area contributed by atoms with Crippen LogP contribution < -0.4 is 11.2 Å². The highest BCUT2D eigenvalue weighted by Gasteiger charge is 2.16. The number of ether oxygens (including phenoxy) is 1. The summed E-state index contributed by atoms with van der Waals surface area (Å²) >= 11 is 0. The number of hydrogen-bond acceptors (Lipinski definition) is 4. The number of nitrogens with zero attached hydrogens (tertiary/aromatic N) is 3. The average molecular weight is 269 g/mol. The van der Waals surface area contributed by atoms with E-state index >= 15 is 0 Å². The standard InChI is InChI=1S/C12H19N3O4/c1-9(8-19-4)13(2)11(17)7-15-6-5-10(16)14(3)12(15)18/h5-6,9H,7-8H2,1-4H3. The van der Waals surface area contributed by atoms with Gasteiger partial charge in [-0.05, 0) is 6.92 Å². The van der Waals surface area contributed by atoms with Crippen molar-refractivity contribution in [1.29, 1.82) is 0 Å². The predicted molar refractivity (Wildman–Crippen MR) is 70.1 cm³/mol. The summed E-state index contributed by atoms with van der Waals surface area (Å²) in [5.74, 6) is -0.217. The minimum absolute atomic E-state index is 0.0827. The predicted octanol–water partition coefficient (Wildman–Crippen LogP) is -0.960. The van der Waals surface area contributed by atoms with Gasteiger partial charge in [-0.15, -0.1) is 0 Å². The van der Waals surface area contributed by atoms with E-state index in [-0.39, 0.29) is 18.5 Å². The Morgan fingerprint density at radius 1 is 1.47 bits per heavy atom. The van der Waals surface area contributed by atoms with Crippen molar-refractivity contribution in [3.8, 4) is 0 Å². The van der Waals surface area contributed by atoms with Crippen molar-refractivity contribution >= 4 is 5.91 Å². The Labute approximate surface area is 111 Å². The van der Waals surface area contributed by atoms with Crippen LogP contribution in [0.4, 0.5) is 0 Å². The van der Waals surface area contributed by atoms with Crippen molar-refractivity contribution in [2.24, 2.45) is 7.05 Å². The molecule has 0 fully saturated rings. The number of aromatic nitrogens is 2. The normalized spacial score (nSPS) is 12.2. The van der Waals surface area contributed by atoms with Crippen LogP contribution in [0.25, 0.3) is 0 Å². The first-order valence-corrected chi connectivity index (χ1v) is 5.89. The first kappa shape index (κ1) is 15.2. The maximum Gasteiger partial charge on any atom is 0.331 e. The van der Waals surface area contributed by atoms with Gasteiger partial charge in [0.2, 0.25) is 5.91 Å². The van der Waals surface area contributed by atoms with Crippen molar-refractivity contribution in [1.82, 2.24) is 14.0 Å². The summed E-state index contributed by atoms with van der Waals surface area (Å²) in [7, 11) is 4.59. The molecule has 0 bridgehead atoms. The summed E-state index contributed by atoms with van der Waals surface area (Å²) in [6, 6.07) is 1.17. The fourth-order valence-corrected chi connectivity index (χ4v) is 1.59. The third-order valence-electron chi connectivity index (χ3n) is 3.03. The molecule has 1 rings (SSSR count).